The molecule has 3 heterocycles. The fourth-order valence-corrected chi connectivity index (χ4v) is 2.09. The first-order valence-electron chi connectivity index (χ1n) is 6.22. The molecule has 3 aromatic rings. The molecule has 0 spiro atoms. The Bertz CT molecular complexity index is 702. The van der Waals surface area contributed by atoms with E-state index in [1.807, 2.05) is 54.7 Å². The third kappa shape index (κ3) is 2.70. The normalized spacial score (nSPS) is 10.4. The van der Waals surface area contributed by atoms with Gasteiger partial charge in [0.2, 0.25) is 6.33 Å². The molecule has 3 aromatic heterocycles. The molecule has 0 saturated heterocycles. The van der Waals surface area contributed by atoms with Crippen LogP contribution >= 0.6 is 12.4 Å². The van der Waals surface area contributed by atoms with Gasteiger partial charge in [-0.2, -0.15) is 0 Å². The Morgan fingerprint density at radius 3 is 2.90 bits per heavy atom. The molecule has 0 fully saturated rings. The van der Waals surface area contributed by atoms with Crippen LogP contribution < -0.4 is 15.6 Å². The third-order valence-electron chi connectivity index (χ3n) is 3.06. The molecule has 0 aliphatic carbocycles. The van der Waals surface area contributed by atoms with Crippen molar-refractivity contribution in [3.63, 3.8) is 0 Å². The van der Waals surface area contributed by atoms with Gasteiger partial charge in [-0.3, -0.25) is 0 Å². The monoisotopic (exact) mass is 293 g/mol. The van der Waals surface area contributed by atoms with Gasteiger partial charge < -0.3 is 11.1 Å². The minimum Gasteiger partial charge on any atom is -0.394 e. The molecule has 3 rings (SSSR count). The lowest BCUT2D eigenvalue weighted by Gasteiger charge is -2.01. The predicted octanol–water partition coefficient (Wildman–Crippen LogP) is 1.08. The second-order valence-electron chi connectivity index (χ2n) is 4.54. The van der Waals surface area contributed by atoms with Gasteiger partial charge in [0.15, 0.2) is 5.82 Å². The fourth-order valence-electron chi connectivity index (χ4n) is 2.09. The summed E-state index contributed by atoms with van der Waals surface area (Å²) in [5, 5.41) is 7.69. The summed E-state index contributed by atoms with van der Waals surface area (Å²) in [6.07, 6.45) is 7.98. The Kier molecular flexibility index (Phi) is 4.14. The maximum atomic E-state index is 6.07. The molecule has 6 nitrogen and oxygen atoms in total. The number of aromatic nitrogens is 4. The van der Waals surface area contributed by atoms with Crippen molar-refractivity contribution in [2.24, 2.45) is 7.05 Å². The third-order valence-corrected chi connectivity index (χ3v) is 3.06. The maximum absolute atomic E-state index is 6.07. The molecule has 3 N–H and O–H groups in total. The summed E-state index contributed by atoms with van der Waals surface area (Å²) < 4.78 is 5.91. The van der Waals surface area contributed by atoms with Crippen LogP contribution in [-0.2, 0) is 13.6 Å². The second-order valence-corrected chi connectivity index (χ2v) is 4.54. The first kappa shape index (κ1) is 14.2. The van der Waals surface area contributed by atoms with Gasteiger partial charge in [-0.15, -0.1) is 17.5 Å². The summed E-state index contributed by atoms with van der Waals surface area (Å²) in [6.45, 7) is 1.65. The van der Waals surface area contributed by atoms with Gasteiger partial charge in [-0.1, -0.05) is 6.07 Å². The van der Waals surface area contributed by atoms with E-state index in [1.165, 1.54) is 0 Å². The Hall–Kier alpha value is -2.21. The molecule has 0 bridgehead atoms. The minimum absolute atomic E-state index is 0. The van der Waals surface area contributed by atoms with Crippen molar-refractivity contribution in [1.82, 2.24) is 14.2 Å². The largest absolute Gasteiger partial charge is 0.394 e. The zero-order valence-electron chi connectivity index (χ0n) is 11.2. The number of fused-ring (bicyclic) bond motifs is 1. The quantitative estimate of drug-likeness (QED) is 0.708. The molecule has 20 heavy (non-hydrogen) atoms. The summed E-state index contributed by atoms with van der Waals surface area (Å²) in [5.74, 6) is 0.739. The summed E-state index contributed by atoms with van der Waals surface area (Å²) in [7, 11) is 2.00. The Labute approximate surface area is 123 Å². The van der Waals surface area contributed by atoms with Gasteiger partial charge >= 0.3 is 0 Å². The minimum atomic E-state index is 0. The van der Waals surface area contributed by atoms with Crippen molar-refractivity contribution >= 4 is 29.4 Å². The first-order chi connectivity index (χ1) is 9.24. The predicted molar refractivity (Wildman–Crippen MR) is 81.0 cm³/mol. The lowest BCUT2D eigenvalue weighted by atomic mass is 10.3. The van der Waals surface area contributed by atoms with Crippen LogP contribution in [0, 0.1) is 0 Å². The van der Waals surface area contributed by atoms with Gasteiger partial charge in [0.25, 0.3) is 0 Å². The molecule has 0 aliphatic rings. The van der Waals surface area contributed by atoms with E-state index in [1.54, 1.807) is 4.52 Å². The second kappa shape index (κ2) is 5.83. The van der Waals surface area contributed by atoms with Crippen LogP contribution in [-0.4, -0.2) is 20.7 Å². The Morgan fingerprint density at radius 2 is 2.20 bits per heavy atom. The SMILES string of the molecule is C[n+]1ccn(CCNc2nn3ccccc3c2N)c1.Cl. The van der Waals surface area contributed by atoms with Crippen LogP contribution in [0.25, 0.3) is 5.52 Å². The fraction of sp³-hybridized carbons (Fsp3) is 0.231. The number of anilines is 2. The summed E-state index contributed by atoms with van der Waals surface area (Å²) in [4.78, 5) is 0. The molecule has 0 radical (unpaired) electrons. The van der Waals surface area contributed by atoms with Crippen LogP contribution in [0.4, 0.5) is 11.5 Å². The molecule has 106 valence electrons. The summed E-state index contributed by atoms with van der Waals surface area (Å²) in [6, 6.07) is 5.85. The van der Waals surface area contributed by atoms with Gasteiger partial charge in [0.1, 0.15) is 24.6 Å². The standard InChI is InChI=1S/C13H17N6.ClH/c1-17-8-9-18(10-17)7-5-15-13-12(14)11-4-2-3-6-19(11)16-13;/h2-4,6,8-10H,5,7,14H2,1H3,(H,15,16);1H/q+1;. The Morgan fingerprint density at radius 1 is 1.35 bits per heavy atom. The molecular formula is C13H18ClN6+. The van der Waals surface area contributed by atoms with E-state index < -0.39 is 0 Å². The van der Waals surface area contributed by atoms with Crippen LogP contribution in [0.15, 0.2) is 43.1 Å². The van der Waals surface area contributed by atoms with Crippen LogP contribution in [0.3, 0.4) is 0 Å². The summed E-state index contributed by atoms with van der Waals surface area (Å²) >= 11 is 0. The van der Waals surface area contributed by atoms with Crippen molar-refractivity contribution < 1.29 is 4.57 Å². The number of nitrogens with one attached hydrogen (secondary N) is 1. The number of imidazole rings is 1. The highest BCUT2D eigenvalue weighted by Crippen LogP contribution is 2.22. The molecule has 0 aromatic carbocycles. The maximum Gasteiger partial charge on any atom is 0.243 e. The number of rotatable bonds is 4. The molecule has 0 unspecified atom stereocenters. The van der Waals surface area contributed by atoms with Gasteiger partial charge in [-0.25, -0.2) is 13.6 Å². The summed E-state index contributed by atoms with van der Waals surface area (Å²) in [5.41, 5.74) is 7.69. The van der Waals surface area contributed by atoms with Crippen molar-refractivity contribution in [1.29, 1.82) is 0 Å². The van der Waals surface area contributed by atoms with E-state index in [-0.39, 0.29) is 12.4 Å². The average molecular weight is 294 g/mol. The van der Waals surface area contributed by atoms with Gasteiger partial charge in [-0.05, 0) is 12.1 Å². The number of aryl methyl sites for hydroxylation is 1. The number of nitrogen functional groups attached to an aromatic ring is 1. The zero-order valence-corrected chi connectivity index (χ0v) is 12.0. The number of nitrogens with two attached hydrogens (primary N) is 1. The number of hydrogen-bond donors (Lipinski definition) is 2. The van der Waals surface area contributed by atoms with Crippen molar-refractivity contribution in [2.75, 3.05) is 17.6 Å². The average Bonchev–Trinajstić information content (AvgIpc) is 2.96. The van der Waals surface area contributed by atoms with Crippen LogP contribution in [0.5, 0.6) is 0 Å². The number of nitrogens with zero attached hydrogens (tertiary/aromatic N) is 4. The van der Waals surface area contributed by atoms with E-state index in [0.717, 1.165) is 24.4 Å². The number of pyridine rings is 1. The van der Waals surface area contributed by atoms with Crippen molar-refractivity contribution in [2.45, 2.75) is 6.54 Å². The highest BCUT2D eigenvalue weighted by atomic mass is 35.5. The Balaban J connectivity index is 0.00000147. The molecular weight excluding hydrogens is 276 g/mol. The molecule has 0 aliphatic heterocycles. The van der Waals surface area contributed by atoms with E-state index in [0.29, 0.717) is 5.69 Å². The smallest absolute Gasteiger partial charge is 0.243 e. The molecule has 7 heteroatoms. The van der Waals surface area contributed by atoms with Gasteiger partial charge in [0.05, 0.1) is 19.1 Å². The lowest BCUT2D eigenvalue weighted by Crippen LogP contribution is -2.24. The van der Waals surface area contributed by atoms with E-state index in [4.69, 9.17) is 5.73 Å². The number of hydrogen-bond acceptors (Lipinski definition) is 3. The lowest BCUT2D eigenvalue weighted by molar-refractivity contribution is -0.671. The first-order valence-corrected chi connectivity index (χ1v) is 6.22. The van der Waals surface area contributed by atoms with E-state index in [2.05, 4.69) is 15.0 Å². The molecule has 0 saturated carbocycles. The van der Waals surface area contributed by atoms with E-state index >= 15 is 0 Å². The molecule has 0 atom stereocenters. The highest BCUT2D eigenvalue weighted by Gasteiger charge is 2.08. The zero-order chi connectivity index (χ0) is 13.2. The topological polar surface area (TPSA) is 64.2 Å². The molecule has 0 amide bonds. The van der Waals surface area contributed by atoms with Crippen molar-refractivity contribution in [3.8, 4) is 0 Å². The van der Waals surface area contributed by atoms with Crippen LogP contribution in [0.2, 0.25) is 0 Å². The number of halogens is 1. The van der Waals surface area contributed by atoms with Crippen LogP contribution in [0.1, 0.15) is 0 Å². The highest BCUT2D eigenvalue weighted by molar-refractivity contribution is 5.85. The van der Waals surface area contributed by atoms with Gasteiger partial charge in [0, 0.05) is 6.20 Å². The van der Waals surface area contributed by atoms with E-state index in [9.17, 15) is 0 Å². The van der Waals surface area contributed by atoms with Crippen molar-refractivity contribution in [3.05, 3.63) is 43.1 Å².